The Morgan fingerprint density at radius 3 is 1.37 bits per heavy atom. The fourth-order valence-corrected chi connectivity index (χ4v) is 4.32. The zero-order valence-corrected chi connectivity index (χ0v) is 19.1. The first-order chi connectivity index (χ1) is 17.3. The van der Waals surface area contributed by atoms with Crippen LogP contribution in [0.2, 0.25) is 0 Å². The monoisotopic (exact) mass is 460 g/mol. The van der Waals surface area contributed by atoms with E-state index in [9.17, 15) is 0 Å². The predicted molar refractivity (Wildman–Crippen MR) is 136 cm³/mol. The van der Waals surface area contributed by atoms with Gasteiger partial charge in [-0.25, -0.2) is 9.98 Å². The third-order valence-corrected chi connectivity index (χ3v) is 6.13. The first kappa shape index (κ1) is 21.2. The van der Waals surface area contributed by atoms with Crippen LogP contribution in [-0.2, 0) is 9.47 Å². The van der Waals surface area contributed by atoms with Gasteiger partial charge in [-0.3, -0.25) is 0 Å². The summed E-state index contributed by atoms with van der Waals surface area (Å²) in [6.45, 7) is 1.02. The van der Waals surface area contributed by atoms with Gasteiger partial charge in [-0.05, 0) is 35.4 Å². The molecule has 2 aliphatic heterocycles. The summed E-state index contributed by atoms with van der Waals surface area (Å²) in [5.74, 6) is 2.52. The van der Waals surface area contributed by atoms with Gasteiger partial charge >= 0.3 is 0 Å². The maximum absolute atomic E-state index is 6.43. The lowest BCUT2D eigenvalue weighted by atomic mass is 10.1. The molecule has 0 saturated carbocycles. The second kappa shape index (κ2) is 9.47. The van der Waals surface area contributed by atoms with E-state index in [4.69, 9.17) is 24.2 Å². The van der Waals surface area contributed by atoms with Crippen LogP contribution in [0, 0.1) is 0 Å². The highest BCUT2D eigenvalue weighted by atomic mass is 16.5. The molecule has 0 aliphatic carbocycles. The van der Waals surface area contributed by atoms with Gasteiger partial charge in [0.05, 0.1) is 11.1 Å². The minimum atomic E-state index is -0.0253. The lowest BCUT2D eigenvalue weighted by Gasteiger charge is -2.13. The Hall–Kier alpha value is -4.38. The molecular weight excluding hydrogens is 436 g/mol. The van der Waals surface area contributed by atoms with Gasteiger partial charge in [0.25, 0.3) is 0 Å². The van der Waals surface area contributed by atoms with Crippen LogP contribution in [0.3, 0.4) is 0 Å². The second-order valence-corrected chi connectivity index (χ2v) is 8.44. The molecule has 5 nitrogen and oxygen atoms in total. The summed E-state index contributed by atoms with van der Waals surface area (Å²) in [6, 6.07) is 36.0. The standard InChI is InChI=1S/C30H24N2O3/c1-3-11-21(12-4-1)25-19-33-29(31-25)23-15-7-9-17-27(23)35-28-18-10-8-16-24(28)30-32-26(20-34-30)22-13-5-2-6-14-22/h1-18,25-26H,19-20H2. The molecule has 2 aliphatic rings. The zero-order valence-electron chi connectivity index (χ0n) is 19.1. The summed E-state index contributed by atoms with van der Waals surface area (Å²) in [7, 11) is 0. The Morgan fingerprint density at radius 1 is 0.514 bits per heavy atom. The van der Waals surface area contributed by atoms with Crippen molar-refractivity contribution in [2.45, 2.75) is 12.1 Å². The van der Waals surface area contributed by atoms with Crippen molar-refractivity contribution < 1.29 is 14.2 Å². The molecule has 2 unspecified atom stereocenters. The number of hydrogen-bond donors (Lipinski definition) is 0. The van der Waals surface area contributed by atoms with E-state index in [1.165, 1.54) is 0 Å². The SMILES string of the molecule is c1ccc(C2COC(c3ccccc3Oc3ccccc3C3=NC(c4ccccc4)CO3)=N2)cc1. The molecule has 0 spiro atoms. The van der Waals surface area contributed by atoms with Crippen molar-refractivity contribution in [2.24, 2.45) is 9.98 Å². The first-order valence-corrected chi connectivity index (χ1v) is 11.7. The molecule has 4 aromatic rings. The van der Waals surface area contributed by atoms with Crippen LogP contribution in [0.1, 0.15) is 34.3 Å². The molecule has 35 heavy (non-hydrogen) atoms. The van der Waals surface area contributed by atoms with Crippen molar-refractivity contribution >= 4 is 11.8 Å². The Morgan fingerprint density at radius 2 is 0.914 bits per heavy atom. The van der Waals surface area contributed by atoms with E-state index in [0.717, 1.165) is 22.3 Å². The molecule has 0 saturated heterocycles. The first-order valence-electron chi connectivity index (χ1n) is 11.7. The summed E-state index contributed by atoms with van der Waals surface area (Å²) in [6.07, 6.45) is 0. The molecule has 5 heteroatoms. The minimum absolute atomic E-state index is 0.0253. The van der Waals surface area contributed by atoms with Crippen LogP contribution < -0.4 is 4.74 Å². The van der Waals surface area contributed by atoms with Gasteiger partial charge < -0.3 is 14.2 Å². The molecule has 0 amide bonds. The number of hydrogen-bond acceptors (Lipinski definition) is 5. The van der Waals surface area contributed by atoms with Crippen molar-refractivity contribution in [3.63, 3.8) is 0 Å². The van der Waals surface area contributed by atoms with Crippen molar-refractivity contribution in [1.29, 1.82) is 0 Å². The van der Waals surface area contributed by atoms with Gasteiger partial charge in [0.2, 0.25) is 11.8 Å². The highest BCUT2D eigenvalue weighted by molar-refractivity contribution is 5.99. The van der Waals surface area contributed by atoms with E-state index >= 15 is 0 Å². The quantitative estimate of drug-likeness (QED) is 0.329. The lowest BCUT2D eigenvalue weighted by molar-refractivity contribution is 0.317. The highest BCUT2D eigenvalue weighted by Crippen LogP contribution is 2.34. The molecule has 172 valence electrons. The Kier molecular flexibility index (Phi) is 5.73. The van der Waals surface area contributed by atoms with Crippen LogP contribution in [0.5, 0.6) is 11.5 Å². The van der Waals surface area contributed by atoms with Gasteiger partial charge in [0.15, 0.2) is 0 Å². The molecule has 6 rings (SSSR count). The van der Waals surface area contributed by atoms with Crippen molar-refractivity contribution in [3.8, 4) is 11.5 Å². The highest BCUT2D eigenvalue weighted by Gasteiger charge is 2.26. The third kappa shape index (κ3) is 4.41. The van der Waals surface area contributed by atoms with E-state index in [0.29, 0.717) is 36.5 Å². The number of para-hydroxylation sites is 2. The molecular formula is C30H24N2O3. The predicted octanol–water partition coefficient (Wildman–Crippen LogP) is 6.52. The average molecular weight is 461 g/mol. The Bertz CT molecular complexity index is 1280. The normalized spacial score (nSPS) is 18.9. The smallest absolute Gasteiger partial charge is 0.220 e. The number of nitrogens with zero attached hydrogens (tertiary/aromatic N) is 2. The third-order valence-electron chi connectivity index (χ3n) is 6.13. The van der Waals surface area contributed by atoms with Crippen LogP contribution in [-0.4, -0.2) is 25.0 Å². The number of ether oxygens (including phenoxy) is 3. The van der Waals surface area contributed by atoms with Crippen LogP contribution in [0.25, 0.3) is 0 Å². The van der Waals surface area contributed by atoms with Gasteiger partial charge in [-0.15, -0.1) is 0 Å². The maximum atomic E-state index is 6.43. The number of rotatable bonds is 6. The van der Waals surface area contributed by atoms with E-state index < -0.39 is 0 Å². The summed E-state index contributed by atoms with van der Waals surface area (Å²) < 4.78 is 18.4. The van der Waals surface area contributed by atoms with E-state index in [-0.39, 0.29) is 12.1 Å². The topological polar surface area (TPSA) is 52.4 Å². The summed E-state index contributed by atoms with van der Waals surface area (Å²) in [4.78, 5) is 9.68. The Balaban J connectivity index is 1.29. The fraction of sp³-hybridized carbons (Fsp3) is 0.133. The second-order valence-electron chi connectivity index (χ2n) is 8.44. The van der Waals surface area contributed by atoms with E-state index in [1.54, 1.807) is 0 Å². The molecule has 2 heterocycles. The van der Waals surface area contributed by atoms with Crippen molar-refractivity contribution in [1.82, 2.24) is 0 Å². The van der Waals surface area contributed by atoms with Crippen molar-refractivity contribution in [2.75, 3.05) is 13.2 Å². The molecule has 0 N–H and O–H groups in total. The Labute approximate surface area is 204 Å². The largest absolute Gasteiger partial charge is 0.475 e. The van der Waals surface area contributed by atoms with Crippen LogP contribution in [0.15, 0.2) is 119 Å². The van der Waals surface area contributed by atoms with Gasteiger partial charge in [-0.1, -0.05) is 84.9 Å². The molecule has 4 aromatic carbocycles. The van der Waals surface area contributed by atoms with Gasteiger partial charge in [-0.2, -0.15) is 0 Å². The zero-order chi connectivity index (χ0) is 23.5. The number of benzene rings is 4. The molecule has 0 bridgehead atoms. The molecule has 0 aromatic heterocycles. The van der Waals surface area contributed by atoms with Gasteiger partial charge in [0, 0.05) is 0 Å². The van der Waals surface area contributed by atoms with Crippen LogP contribution in [0.4, 0.5) is 0 Å². The van der Waals surface area contributed by atoms with Crippen LogP contribution >= 0.6 is 0 Å². The summed E-state index contributed by atoms with van der Waals surface area (Å²) in [5, 5.41) is 0. The van der Waals surface area contributed by atoms with E-state index in [2.05, 4.69) is 24.3 Å². The van der Waals surface area contributed by atoms with Gasteiger partial charge in [0.1, 0.15) is 36.8 Å². The summed E-state index contributed by atoms with van der Waals surface area (Å²) in [5.41, 5.74) is 3.90. The summed E-state index contributed by atoms with van der Waals surface area (Å²) >= 11 is 0. The maximum Gasteiger partial charge on any atom is 0.220 e. The van der Waals surface area contributed by atoms with E-state index in [1.807, 2.05) is 84.9 Å². The molecule has 0 radical (unpaired) electrons. The average Bonchev–Trinajstić information content (AvgIpc) is 3.61. The molecule has 0 fully saturated rings. The molecule has 2 atom stereocenters. The lowest BCUT2D eigenvalue weighted by Crippen LogP contribution is -2.06. The number of aliphatic imine (C=N–C) groups is 2. The van der Waals surface area contributed by atoms with Crippen molar-refractivity contribution in [3.05, 3.63) is 131 Å². The minimum Gasteiger partial charge on any atom is -0.475 e. The fourth-order valence-electron chi connectivity index (χ4n) is 4.32.